The third-order valence-corrected chi connectivity index (χ3v) is 2.04. The van der Waals surface area contributed by atoms with Gasteiger partial charge in [-0.05, 0) is 12.1 Å². The molecule has 5 heteroatoms. The molecule has 0 aliphatic rings. The van der Waals surface area contributed by atoms with Crippen LogP contribution in [0.15, 0.2) is 28.7 Å². The number of benzene rings is 1. The number of nitrogens with zero attached hydrogens (tertiary/aromatic N) is 2. The Hall–Kier alpha value is -1.39. The van der Waals surface area contributed by atoms with Crippen LogP contribution in [0, 0.1) is 0 Å². The predicted molar refractivity (Wildman–Crippen MR) is 50.7 cm³/mol. The fraction of sp³-hybridized carbons (Fsp3) is 0.111. The number of aromatic nitrogens is 2. The molecule has 1 aromatic carbocycles. The molecule has 0 radical (unpaired) electrons. The fourth-order valence-corrected chi connectivity index (χ4v) is 1.28. The van der Waals surface area contributed by atoms with Crippen LogP contribution in [0.3, 0.4) is 0 Å². The molecule has 72 valence electrons. The normalized spacial score (nSPS) is 10.4. The molecular formula is C9H7ClN2O2. The van der Waals surface area contributed by atoms with Crippen molar-refractivity contribution in [1.82, 2.24) is 10.2 Å². The molecule has 2 aromatic rings. The van der Waals surface area contributed by atoms with Crippen LogP contribution in [-0.2, 0) is 6.61 Å². The zero-order valence-electron chi connectivity index (χ0n) is 7.14. The lowest BCUT2D eigenvalue weighted by atomic mass is 10.2. The Morgan fingerprint density at radius 1 is 1.29 bits per heavy atom. The number of halogens is 1. The smallest absolute Gasteiger partial charge is 0.249 e. The molecule has 0 aliphatic carbocycles. The molecule has 4 nitrogen and oxygen atoms in total. The first-order chi connectivity index (χ1) is 6.81. The van der Waals surface area contributed by atoms with Crippen LogP contribution in [0.1, 0.15) is 5.89 Å². The van der Waals surface area contributed by atoms with Crippen LogP contribution in [0.25, 0.3) is 11.5 Å². The molecule has 0 bridgehead atoms. The number of hydrogen-bond donors (Lipinski definition) is 1. The summed E-state index contributed by atoms with van der Waals surface area (Å²) in [5.41, 5.74) is 0.668. The predicted octanol–water partition coefficient (Wildman–Crippen LogP) is 1.88. The van der Waals surface area contributed by atoms with E-state index in [1.165, 1.54) is 0 Å². The van der Waals surface area contributed by atoms with Crippen LogP contribution in [0.5, 0.6) is 0 Å². The Morgan fingerprint density at radius 3 is 2.71 bits per heavy atom. The third-order valence-electron chi connectivity index (χ3n) is 1.71. The lowest BCUT2D eigenvalue weighted by Gasteiger charge is -1.96. The summed E-state index contributed by atoms with van der Waals surface area (Å²) in [7, 11) is 0. The number of rotatable bonds is 2. The van der Waals surface area contributed by atoms with Crippen LogP contribution in [-0.4, -0.2) is 15.3 Å². The zero-order chi connectivity index (χ0) is 9.97. The van der Waals surface area contributed by atoms with E-state index in [9.17, 15) is 0 Å². The fourth-order valence-electron chi connectivity index (χ4n) is 1.06. The summed E-state index contributed by atoms with van der Waals surface area (Å²) in [4.78, 5) is 0. The van der Waals surface area contributed by atoms with E-state index in [0.29, 0.717) is 16.5 Å². The van der Waals surface area contributed by atoms with Crippen LogP contribution in [0.4, 0.5) is 0 Å². The maximum Gasteiger partial charge on any atom is 0.249 e. The Morgan fingerprint density at radius 2 is 2.07 bits per heavy atom. The van der Waals surface area contributed by atoms with Crippen molar-refractivity contribution in [1.29, 1.82) is 0 Å². The summed E-state index contributed by atoms with van der Waals surface area (Å²) >= 11 is 5.92. The first-order valence-electron chi connectivity index (χ1n) is 3.99. The van der Waals surface area contributed by atoms with Gasteiger partial charge in [-0.2, -0.15) is 0 Å². The summed E-state index contributed by atoms with van der Waals surface area (Å²) in [6.07, 6.45) is 0. The Bertz CT molecular complexity index is 442. The molecular weight excluding hydrogens is 204 g/mol. The summed E-state index contributed by atoms with van der Waals surface area (Å²) in [6.45, 7) is -0.266. The molecule has 0 saturated carbocycles. The van der Waals surface area contributed by atoms with Gasteiger partial charge in [0.05, 0.1) is 10.6 Å². The van der Waals surface area contributed by atoms with Crippen molar-refractivity contribution < 1.29 is 9.52 Å². The summed E-state index contributed by atoms with van der Waals surface area (Å²) in [6, 6.07) is 7.15. The molecule has 0 atom stereocenters. The summed E-state index contributed by atoms with van der Waals surface area (Å²) in [5.74, 6) is 0.500. The van der Waals surface area contributed by atoms with Crippen LogP contribution >= 0.6 is 11.6 Å². The van der Waals surface area contributed by atoms with Gasteiger partial charge < -0.3 is 9.52 Å². The SMILES string of the molecule is OCc1nnc(-c2ccccc2Cl)o1. The second kappa shape index (κ2) is 3.77. The van der Waals surface area contributed by atoms with Crippen molar-refractivity contribution in [3.8, 4) is 11.5 Å². The lowest BCUT2D eigenvalue weighted by molar-refractivity contribution is 0.241. The molecule has 0 amide bonds. The standard InChI is InChI=1S/C9H7ClN2O2/c10-7-4-2-1-3-6(7)9-12-11-8(5-13)14-9/h1-4,13H,5H2. The molecule has 2 rings (SSSR count). The average Bonchev–Trinajstić information content (AvgIpc) is 2.67. The zero-order valence-corrected chi connectivity index (χ0v) is 7.90. The molecule has 14 heavy (non-hydrogen) atoms. The van der Waals surface area contributed by atoms with Crippen molar-refractivity contribution in [3.63, 3.8) is 0 Å². The van der Waals surface area contributed by atoms with E-state index in [1.54, 1.807) is 12.1 Å². The number of aliphatic hydroxyl groups is 1. The molecule has 0 fully saturated rings. The summed E-state index contributed by atoms with van der Waals surface area (Å²) < 4.78 is 5.14. The average molecular weight is 211 g/mol. The largest absolute Gasteiger partial charge is 0.418 e. The van der Waals surface area contributed by atoms with E-state index in [0.717, 1.165) is 0 Å². The highest BCUT2D eigenvalue weighted by Crippen LogP contribution is 2.25. The van der Waals surface area contributed by atoms with Gasteiger partial charge in [0.2, 0.25) is 11.8 Å². The first kappa shape index (κ1) is 9.18. The molecule has 0 unspecified atom stereocenters. The van der Waals surface area contributed by atoms with Crippen molar-refractivity contribution in [2.75, 3.05) is 0 Å². The van der Waals surface area contributed by atoms with Gasteiger partial charge in [-0.1, -0.05) is 23.7 Å². The topological polar surface area (TPSA) is 59.2 Å². The molecule has 0 aliphatic heterocycles. The van der Waals surface area contributed by atoms with E-state index in [2.05, 4.69) is 10.2 Å². The Balaban J connectivity index is 2.44. The molecule has 1 heterocycles. The highest BCUT2D eigenvalue weighted by Gasteiger charge is 2.10. The van der Waals surface area contributed by atoms with Crippen LogP contribution < -0.4 is 0 Å². The molecule has 0 saturated heterocycles. The van der Waals surface area contributed by atoms with E-state index in [-0.39, 0.29) is 12.5 Å². The minimum Gasteiger partial charge on any atom is -0.418 e. The first-order valence-corrected chi connectivity index (χ1v) is 4.37. The van der Waals surface area contributed by atoms with Crippen molar-refractivity contribution in [3.05, 3.63) is 35.2 Å². The monoisotopic (exact) mass is 210 g/mol. The van der Waals surface area contributed by atoms with Crippen molar-refractivity contribution in [2.24, 2.45) is 0 Å². The van der Waals surface area contributed by atoms with E-state index in [1.807, 2.05) is 12.1 Å². The molecule has 1 aromatic heterocycles. The van der Waals surface area contributed by atoms with Gasteiger partial charge in [0, 0.05) is 0 Å². The molecule has 1 N–H and O–H groups in total. The van der Waals surface area contributed by atoms with Gasteiger partial charge in [0.15, 0.2) is 0 Å². The second-order valence-corrected chi connectivity index (χ2v) is 3.05. The van der Waals surface area contributed by atoms with Gasteiger partial charge >= 0.3 is 0 Å². The van der Waals surface area contributed by atoms with Gasteiger partial charge in [0.25, 0.3) is 0 Å². The minimum absolute atomic E-state index is 0.180. The van der Waals surface area contributed by atoms with Crippen molar-refractivity contribution in [2.45, 2.75) is 6.61 Å². The molecule has 0 spiro atoms. The van der Waals surface area contributed by atoms with E-state index in [4.69, 9.17) is 21.1 Å². The van der Waals surface area contributed by atoms with E-state index < -0.39 is 0 Å². The van der Waals surface area contributed by atoms with Crippen molar-refractivity contribution >= 4 is 11.6 Å². The minimum atomic E-state index is -0.266. The Labute approximate surface area is 85.2 Å². The van der Waals surface area contributed by atoms with Gasteiger partial charge in [-0.25, -0.2) is 0 Å². The maximum absolute atomic E-state index is 8.74. The van der Waals surface area contributed by atoms with Gasteiger partial charge in [-0.15, -0.1) is 10.2 Å². The maximum atomic E-state index is 8.74. The number of aliphatic hydroxyl groups excluding tert-OH is 1. The summed E-state index contributed by atoms with van der Waals surface area (Å²) in [5, 5.41) is 16.7. The van der Waals surface area contributed by atoms with Crippen LogP contribution in [0.2, 0.25) is 5.02 Å². The van der Waals surface area contributed by atoms with Gasteiger partial charge in [-0.3, -0.25) is 0 Å². The highest BCUT2D eigenvalue weighted by molar-refractivity contribution is 6.33. The third kappa shape index (κ3) is 1.62. The number of hydrogen-bond acceptors (Lipinski definition) is 4. The second-order valence-electron chi connectivity index (χ2n) is 2.64. The van der Waals surface area contributed by atoms with E-state index >= 15 is 0 Å². The Kier molecular flexibility index (Phi) is 2.47. The quantitative estimate of drug-likeness (QED) is 0.822. The highest BCUT2D eigenvalue weighted by atomic mass is 35.5. The lowest BCUT2D eigenvalue weighted by Crippen LogP contribution is -1.79. The van der Waals surface area contributed by atoms with Gasteiger partial charge in [0.1, 0.15) is 6.61 Å².